The van der Waals surface area contributed by atoms with Crippen LogP contribution < -0.4 is 0 Å². The molecule has 2 heterocycles. The lowest BCUT2D eigenvalue weighted by Gasteiger charge is -2.19. The molecule has 2 rings (SSSR count). The van der Waals surface area contributed by atoms with Gasteiger partial charge in [0.05, 0.1) is 18.1 Å². The molecule has 2 aromatic heterocycles. The van der Waals surface area contributed by atoms with Gasteiger partial charge in [-0.3, -0.25) is 4.68 Å². The van der Waals surface area contributed by atoms with Crippen LogP contribution in [0.15, 0.2) is 28.6 Å². The van der Waals surface area contributed by atoms with Gasteiger partial charge in [-0.2, -0.15) is 9.40 Å². The largest absolute Gasteiger partial charge is 0.395 e. The van der Waals surface area contributed by atoms with E-state index >= 15 is 0 Å². The molecule has 0 aliphatic carbocycles. The number of rotatable bonds is 7. The van der Waals surface area contributed by atoms with E-state index in [2.05, 4.69) is 5.10 Å². The quantitative estimate of drug-likeness (QED) is 0.751. The summed E-state index contributed by atoms with van der Waals surface area (Å²) >= 11 is 1.40. The van der Waals surface area contributed by atoms with Crippen LogP contribution in [-0.4, -0.2) is 59.0 Å². The summed E-state index contributed by atoms with van der Waals surface area (Å²) < 4.78 is 27.9. The van der Waals surface area contributed by atoms with Crippen molar-refractivity contribution >= 4 is 21.4 Å². The Morgan fingerprint density at radius 1 is 1.33 bits per heavy atom. The van der Waals surface area contributed by atoms with Crippen molar-refractivity contribution in [2.24, 2.45) is 7.05 Å². The molecular formula is C12H17N3O4S2. The molecule has 116 valence electrons. The maximum atomic E-state index is 12.7. The van der Waals surface area contributed by atoms with Gasteiger partial charge in [0, 0.05) is 26.3 Å². The molecule has 0 amide bonds. The number of aromatic nitrogens is 2. The first-order valence-electron chi connectivity index (χ1n) is 6.30. The lowest BCUT2D eigenvalue weighted by atomic mass is 10.3. The second-order valence-corrected chi connectivity index (χ2v) is 7.20. The fourth-order valence-electron chi connectivity index (χ4n) is 1.95. The average Bonchev–Trinajstić information content (AvgIpc) is 3.07. The summed E-state index contributed by atoms with van der Waals surface area (Å²) in [6, 6.07) is 3.62. The van der Waals surface area contributed by atoms with Gasteiger partial charge >= 0.3 is 0 Å². The number of hydrogen-bond donors (Lipinski definition) is 2. The van der Waals surface area contributed by atoms with Gasteiger partial charge in [-0.25, -0.2) is 8.42 Å². The molecule has 7 nitrogen and oxygen atoms in total. The third-order valence-electron chi connectivity index (χ3n) is 2.87. The molecule has 0 spiro atoms. The van der Waals surface area contributed by atoms with E-state index in [1.165, 1.54) is 22.2 Å². The molecule has 9 heteroatoms. The average molecular weight is 331 g/mol. The fraction of sp³-hybridized carbons (Fsp3) is 0.417. The molecule has 0 aromatic carbocycles. The third kappa shape index (κ3) is 3.33. The van der Waals surface area contributed by atoms with Crippen LogP contribution in [0.3, 0.4) is 0 Å². The summed E-state index contributed by atoms with van der Waals surface area (Å²) in [6.07, 6.45) is 1.44. The van der Waals surface area contributed by atoms with Crippen LogP contribution in [0.4, 0.5) is 0 Å². The molecule has 2 aromatic rings. The Balaban J connectivity index is 2.49. The Labute approximate surface area is 127 Å². The van der Waals surface area contributed by atoms with Crippen molar-refractivity contribution in [1.29, 1.82) is 0 Å². The molecule has 0 fully saturated rings. The highest BCUT2D eigenvalue weighted by Gasteiger charge is 2.29. The Kier molecular flexibility index (Phi) is 5.12. The number of sulfonamides is 1. The number of thiophene rings is 1. The minimum atomic E-state index is -3.82. The Morgan fingerprint density at radius 2 is 2.00 bits per heavy atom. The zero-order valence-corrected chi connectivity index (χ0v) is 13.1. The van der Waals surface area contributed by atoms with Crippen LogP contribution in [0.5, 0.6) is 0 Å². The number of aliphatic hydroxyl groups is 2. The molecular weight excluding hydrogens is 314 g/mol. The van der Waals surface area contributed by atoms with Gasteiger partial charge in [0.25, 0.3) is 0 Å². The van der Waals surface area contributed by atoms with E-state index < -0.39 is 10.0 Å². The van der Waals surface area contributed by atoms with Gasteiger partial charge in [-0.1, -0.05) is 6.07 Å². The first-order valence-corrected chi connectivity index (χ1v) is 8.62. The summed E-state index contributed by atoms with van der Waals surface area (Å²) in [5.41, 5.74) is 0.383. The number of nitrogens with zero attached hydrogens (tertiary/aromatic N) is 3. The van der Waals surface area contributed by atoms with Gasteiger partial charge < -0.3 is 10.2 Å². The predicted octanol–water partition coefficient (Wildman–Crippen LogP) is 0.124. The molecule has 0 aliphatic heterocycles. The SMILES string of the molecule is Cn1cc(S(=O)(=O)N(CCO)CCO)c(-c2cccs2)n1. The highest BCUT2D eigenvalue weighted by Crippen LogP contribution is 2.30. The first kappa shape index (κ1) is 16.1. The molecule has 0 radical (unpaired) electrons. The smallest absolute Gasteiger partial charge is 0.247 e. The van der Waals surface area contributed by atoms with Gasteiger partial charge in [0.15, 0.2) is 0 Å². The number of aryl methyl sites for hydroxylation is 1. The third-order valence-corrected chi connectivity index (χ3v) is 5.64. The van der Waals surface area contributed by atoms with E-state index in [4.69, 9.17) is 10.2 Å². The highest BCUT2D eigenvalue weighted by atomic mass is 32.2. The van der Waals surface area contributed by atoms with Crippen molar-refractivity contribution < 1.29 is 18.6 Å². The normalized spacial score (nSPS) is 12.2. The standard InChI is InChI=1S/C12H17N3O4S2/c1-14-9-11(12(13-14)10-3-2-8-20-10)21(18,19)15(4-6-16)5-7-17/h2-3,8-9,16-17H,4-7H2,1H3. The van der Waals surface area contributed by atoms with Gasteiger partial charge in [0.1, 0.15) is 10.6 Å². The van der Waals surface area contributed by atoms with Crippen LogP contribution in [-0.2, 0) is 17.1 Å². The Morgan fingerprint density at radius 3 is 2.52 bits per heavy atom. The second kappa shape index (κ2) is 6.67. The molecule has 0 atom stereocenters. The Hall–Kier alpha value is -1.26. The van der Waals surface area contributed by atoms with Crippen LogP contribution in [0.2, 0.25) is 0 Å². The topological polar surface area (TPSA) is 95.7 Å². The summed E-state index contributed by atoms with van der Waals surface area (Å²) in [5, 5.41) is 24.1. The van der Waals surface area contributed by atoms with Gasteiger partial charge in [-0.05, 0) is 11.4 Å². The van der Waals surface area contributed by atoms with E-state index in [1.807, 2.05) is 11.4 Å². The van der Waals surface area contributed by atoms with E-state index in [-0.39, 0.29) is 31.2 Å². The molecule has 0 saturated carbocycles. The van der Waals surface area contributed by atoms with E-state index in [9.17, 15) is 8.42 Å². The van der Waals surface area contributed by atoms with Crippen molar-refractivity contribution in [2.45, 2.75) is 4.90 Å². The molecule has 0 bridgehead atoms. The maximum Gasteiger partial charge on any atom is 0.247 e. The lowest BCUT2D eigenvalue weighted by Crippen LogP contribution is -2.35. The summed E-state index contributed by atoms with van der Waals surface area (Å²) in [6.45, 7) is -0.759. The summed E-state index contributed by atoms with van der Waals surface area (Å²) in [5.74, 6) is 0. The second-order valence-electron chi connectivity index (χ2n) is 4.34. The Bertz CT molecular complexity index is 673. The highest BCUT2D eigenvalue weighted by molar-refractivity contribution is 7.89. The van der Waals surface area contributed by atoms with Crippen molar-refractivity contribution in [3.05, 3.63) is 23.7 Å². The maximum absolute atomic E-state index is 12.7. The van der Waals surface area contributed by atoms with E-state index in [0.29, 0.717) is 5.69 Å². The number of hydrogen-bond acceptors (Lipinski definition) is 6. The van der Waals surface area contributed by atoms with Crippen LogP contribution >= 0.6 is 11.3 Å². The van der Waals surface area contributed by atoms with Crippen molar-refractivity contribution in [1.82, 2.24) is 14.1 Å². The predicted molar refractivity (Wildman–Crippen MR) is 79.5 cm³/mol. The van der Waals surface area contributed by atoms with Crippen molar-refractivity contribution in [3.63, 3.8) is 0 Å². The van der Waals surface area contributed by atoms with E-state index in [1.54, 1.807) is 13.1 Å². The van der Waals surface area contributed by atoms with Crippen LogP contribution in [0.1, 0.15) is 0 Å². The molecule has 0 aliphatic rings. The molecule has 2 N–H and O–H groups in total. The number of aliphatic hydroxyl groups excluding tert-OH is 2. The minimum Gasteiger partial charge on any atom is -0.395 e. The minimum absolute atomic E-state index is 0.0678. The summed E-state index contributed by atoms with van der Waals surface area (Å²) in [7, 11) is -2.17. The first-order chi connectivity index (χ1) is 10.0. The van der Waals surface area contributed by atoms with Gasteiger partial charge in [-0.15, -0.1) is 11.3 Å². The van der Waals surface area contributed by atoms with Crippen molar-refractivity contribution in [2.75, 3.05) is 26.3 Å². The van der Waals surface area contributed by atoms with E-state index in [0.717, 1.165) is 9.18 Å². The molecule has 0 unspecified atom stereocenters. The molecule has 21 heavy (non-hydrogen) atoms. The van der Waals surface area contributed by atoms with Crippen LogP contribution in [0, 0.1) is 0 Å². The zero-order chi connectivity index (χ0) is 15.5. The summed E-state index contributed by atoms with van der Waals surface area (Å²) in [4.78, 5) is 0.830. The van der Waals surface area contributed by atoms with Crippen molar-refractivity contribution in [3.8, 4) is 10.6 Å². The zero-order valence-electron chi connectivity index (χ0n) is 11.5. The lowest BCUT2D eigenvalue weighted by molar-refractivity contribution is 0.217. The fourth-order valence-corrected chi connectivity index (χ4v) is 4.34. The molecule has 0 saturated heterocycles. The van der Waals surface area contributed by atoms with Crippen LogP contribution in [0.25, 0.3) is 10.6 Å². The van der Waals surface area contributed by atoms with Gasteiger partial charge in [0.2, 0.25) is 10.0 Å². The monoisotopic (exact) mass is 331 g/mol.